The van der Waals surface area contributed by atoms with Crippen LogP contribution in [0.5, 0.6) is 0 Å². The minimum absolute atomic E-state index is 0.0757. The number of rotatable bonds is 3. The molecule has 0 radical (unpaired) electrons. The zero-order chi connectivity index (χ0) is 10.7. The molecular weight excluding hydrogens is 194 g/mol. The molecule has 0 spiro atoms. The van der Waals surface area contributed by atoms with Crippen molar-refractivity contribution in [3.8, 4) is 0 Å². The molecule has 2 N–H and O–H groups in total. The van der Waals surface area contributed by atoms with Gasteiger partial charge in [-0.15, -0.1) is 0 Å². The van der Waals surface area contributed by atoms with Crippen molar-refractivity contribution < 1.29 is 0 Å². The van der Waals surface area contributed by atoms with E-state index in [4.69, 9.17) is 17.3 Å². The molecule has 0 aliphatic rings. The van der Waals surface area contributed by atoms with Crippen LogP contribution in [0.4, 0.5) is 0 Å². The maximum Gasteiger partial charge on any atom is 0.0456 e. The van der Waals surface area contributed by atoms with Crippen LogP contribution in [0.3, 0.4) is 0 Å². The normalized spacial score (nSPS) is 12.9. The molecule has 0 bridgehead atoms. The van der Waals surface area contributed by atoms with Gasteiger partial charge < -0.3 is 5.73 Å². The van der Waals surface area contributed by atoms with Gasteiger partial charge in [0.25, 0.3) is 0 Å². The van der Waals surface area contributed by atoms with Crippen LogP contribution in [-0.2, 0) is 0 Å². The van der Waals surface area contributed by atoms with E-state index < -0.39 is 0 Å². The quantitative estimate of drug-likeness (QED) is 0.810. The molecule has 2 heteroatoms. The molecule has 78 valence electrons. The number of halogens is 1. The van der Waals surface area contributed by atoms with Crippen molar-refractivity contribution in [1.82, 2.24) is 0 Å². The molecule has 1 nitrogen and oxygen atoms in total. The van der Waals surface area contributed by atoms with Crippen molar-refractivity contribution in [2.75, 3.05) is 0 Å². The summed E-state index contributed by atoms with van der Waals surface area (Å²) in [5, 5.41) is 0.800. The summed E-state index contributed by atoms with van der Waals surface area (Å²) in [4.78, 5) is 0. The van der Waals surface area contributed by atoms with Crippen molar-refractivity contribution in [2.24, 2.45) is 5.73 Å². The van der Waals surface area contributed by atoms with Gasteiger partial charge in [0.05, 0.1) is 0 Å². The van der Waals surface area contributed by atoms with Crippen molar-refractivity contribution in [2.45, 2.75) is 39.7 Å². The third-order valence-electron chi connectivity index (χ3n) is 2.61. The third-order valence-corrected chi connectivity index (χ3v) is 2.94. The second-order valence-corrected chi connectivity index (χ2v) is 4.26. The van der Waals surface area contributed by atoms with E-state index in [2.05, 4.69) is 26.8 Å². The largest absolute Gasteiger partial charge is 0.324 e. The molecule has 1 rings (SSSR count). The first-order valence-corrected chi connectivity index (χ1v) is 5.46. The summed E-state index contributed by atoms with van der Waals surface area (Å²) in [6, 6.07) is 4.19. The van der Waals surface area contributed by atoms with Crippen LogP contribution < -0.4 is 5.73 Å². The highest BCUT2D eigenvalue weighted by Crippen LogP contribution is 2.27. The maximum atomic E-state index is 6.15. The molecule has 1 atom stereocenters. The van der Waals surface area contributed by atoms with Crippen LogP contribution in [0.2, 0.25) is 5.02 Å². The Morgan fingerprint density at radius 2 is 1.86 bits per heavy atom. The summed E-state index contributed by atoms with van der Waals surface area (Å²) in [5.74, 6) is 0. The third kappa shape index (κ3) is 2.49. The molecule has 0 aromatic heterocycles. The van der Waals surface area contributed by atoms with Crippen LogP contribution in [0.1, 0.15) is 42.5 Å². The Morgan fingerprint density at radius 3 is 2.43 bits per heavy atom. The Kier molecular flexibility index (Phi) is 3.97. The zero-order valence-corrected chi connectivity index (χ0v) is 9.86. The lowest BCUT2D eigenvalue weighted by Gasteiger charge is -2.14. The van der Waals surface area contributed by atoms with Crippen molar-refractivity contribution in [3.63, 3.8) is 0 Å². The number of hydrogen-bond acceptors (Lipinski definition) is 1. The summed E-state index contributed by atoms with van der Waals surface area (Å²) < 4.78 is 0. The average molecular weight is 212 g/mol. The Morgan fingerprint density at radius 1 is 1.29 bits per heavy atom. The molecule has 0 saturated carbocycles. The van der Waals surface area contributed by atoms with E-state index in [1.54, 1.807) is 0 Å². The van der Waals surface area contributed by atoms with Gasteiger partial charge in [-0.3, -0.25) is 0 Å². The van der Waals surface area contributed by atoms with Gasteiger partial charge in [0.1, 0.15) is 0 Å². The Balaban J connectivity index is 3.02. The lowest BCUT2D eigenvalue weighted by atomic mass is 9.99. The molecular formula is C12H18ClN. The van der Waals surface area contributed by atoms with Crippen molar-refractivity contribution in [1.29, 1.82) is 0 Å². The Labute approximate surface area is 91.3 Å². The van der Waals surface area contributed by atoms with E-state index in [0.29, 0.717) is 0 Å². The van der Waals surface area contributed by atoms with Crippen LogP contribution in [0.15, 0.2) is 12.1 Å². The fourth-order valence-electron chi connectivity index (χ4n) is 1.55. The minimum Gasteiger partial charge on any atom is -0.324 e. The van der Waals surface area contributed by atoms with Crippen LogP contribution >= 0.6 is 11.6 Å². The minimum atomic E-state index is 0.0757. The van der Waals surface area contributed by atoms with Gasteiger partial charge in [-0.05, 0) is 43.0 Å². The smallest absolute Gasteiger partial charge is 0.0456 e. The molecule has 14 heavy (non-hydrogen) atoms. The van der Waals surface area contributed by atoms with Crippen LogP contribution in [0, 0.1) is 13.8 Å². The predicted octanol–water partition coefficient (Wildman–Crippen LogP) is 3.76. The summed E-state index contributed by atoms with van der Waals surface area (Å²) in [6.07, 6.45) is 2.08. The molecule has 0 fully saturated rings. The van der Waals surface area contributed by atoms with E-state index in [-0.39, 0.29) is 6.04 Å². The first-order chi connectivity index (χ1) is 6.56. The topological polar surface area (TPSA) is 26.0 Å². The van der Waals surface area contributed by atoms with E-state index in [1.807, 2.05) is 6.07 Å². The molecule has 0 amide bonds. The fourth-order valence-corrected chi connectivity index (χ4v) is 1.91. The average Bonchev–Trinajstić information content (AvgIpc) is 2.11. The van der Waals surface area contributed by atoms with Gasteiger partial charge in [-0.2, -0.15) is 0 Å². The number of benzene rings is 1. The van der Waals surface area contributed by atoms with E-state index in [9.17, 15) is 0 Å². The van der Waals surface area contributed by atoms with E-state index >= 15 is 0 Å². The Hall–Kier alpha value is -0.530. The lowest BCUT2D eigenvalue weighted by molar-refractivity contribution is 0.638. The summed E-state index contributed by atoms with van der Waals surface area (Å²) >= 11 is 6.15. The first-order valence-electron chi connectivity index (χ1n) is 5.08. The van der Waals surface area contributed by atoms with Gasteiger partial charge >= 0.3 is 0 Å². The molecule has 0 heterocycles. The number of hydrogen-bond donors (Lipinski definition) is 1. The van der Waals surface area contributed by atoms with Gasteiger partial charge in [-0.25, -0.2) is 0 Å². The molecule has 1 aromatic rings. The summed E-state index contributed by atoms with van der Waals surface area (Å²) in [5.41, 5.74) is 9.61. The second kappa shape index (κ2) is 4.81. The van der Waals surface area contributed by atoms with Crippen molar-refractivity contribution >= 4 is 11.6 Å². The SMILES string of the molecule is CCCC(N)c1cc(C)c(C)cc1Cl. The summed E-state index contributed by atoms with van der Waals surface area (Å²) in [7, 11) is 0. The highest BCUT2D eigenvalue weighted by molar-refractivity contribution is 6.31. The summed E-state index contributed by atoms with van der Waals surface area (Å²) in [6.45, 7) is 6.29. The van der Waals surface area contributed by atoms with Crippen LogP contribution in [0.25, 0.3) is 0 Å². The molecule has 0 saturated heterocycles. The van der Waals surface area contributed by atoms with E-state index in [1.165, 1.54) is 11.1 Å². The lowest BCUT2D eigenvalue weighted by Crippen LogP contribution is -2.10. The van der Waals surface area contributed by atoms with Gasteiger partial charge in [0.15, 0.2) is 0 Å². The van der Waals surface area contributed by atoms with Gasteiger partial charge in [0.2, 0.25) is 0 Å². The fraction of sp³-hybridized carbons (Fsp3) is 0.500. The van der Waals surface area contributed by atoms with Crippen LogP contribution in [-0.4, -0.2) is 0 Å². The number of aryl methyl sites for hydroxylation is 2. The predicted molar refractivity (Wildman–Crippen MR) is 62.8 cm³/mol. The highest BCUT2D eigenvalue weighted by Gasteiger charge is 2.10. The second-order valence-electron chi connectivity index (χ2n) is 3.85. The zero-order valence-electron chi connectivity index (χ0n) is 9.10. The molecule has 1 unspecified atom stereocenters. The standard InChI is InChI=1S/C12H18ClN/c1-4-5-12(14)10-6-8(2)9(3)7-11(10)13/h6-7,12H,4-5,14H2,1-3H3. The van der Waals surface area contributed by atoms with Crippen molar-refractivity contribution in [3.05, 3.63) is 33.8 Å². The van der Waals surface area contributed by atoms with Gasteiger partial charge in [0, 0.05) is 11.1 Å². The molecule has 0 aliphatic heterocycles. The van der Waals surface area contributed by atoms with E-state index in [0.717, 1.165) is 23.4 Å². The highest BCUT2D eigenvalue weighted by atomic mass is 35.5. The van der Waals surface area contributed by atoms with Gasteiger partial charge in [-0.1, -0.05) is 31.0 Å². The number of nitrogens with two attached hydrogens (primary N) is 1. The Bertz CT molecular complexity index is 320. The molecule has 1 aromatic carbocycles. The monoisotopic (exact) mass is 211 g/mol. The molecule has 0 aliphatic carbocycles. The maximum absolute atomic E-state index is 6.15. The first kappa shape index (κ1) is 11.5.